The van der Waals surface area contributed by atoms with Gasteiger partial charge in [-0.15, -0.1) is 35.0 Å². The Morgan fingerprint density at radius 1 is 1.42 bits per heavy atom. The van der Waals surface area contributed by atoms with E-state index in [1.54, 1.807) is 7.11 Å². The first-order chi connectivity index (χ1) is 10.7. The molecule has 2 aromatic heterocycles. The summed E-state index contributed by atoms with van der Waals surface area (Å²) in [6, 6.07) is 5.23. The smallest absolute Gasteiger partial charge is 0.241 e. The van der Waals surface area contributed by atoms with Crippen LogP contribution in [0.5, 0.6) is 0 Å². The number of halogens is 2. The van der Waals surface area contributed by atoms with Gasteiger partial charge in [0.15, 0.2) is 5.65 Å². The molecule has 3 rings (SSSR count). The largest absolute Gasteiger partial charge is 0.383 e. The highest BCUT2D eigenvalue weighted by Gasteiger charge is 2.30. The molecule has 3 heterocycles. The van der Waals surface area contributed by atoms with E-state index < -0.39 is 6.04 Å². The van der Waals surface area contributed by atoms with Crippen LogP contribution in [0.2, 0.25) is 0 Å². The van der Waals surface area contributed by atoms with Crippen molar-refractivity contribution in [3.8, 4) is 0 Å². The summed E-state index contributed by atoms with van der Waals surface area (Å²) >= 11 is 0. The topological polar surface area (TPSA) is 85.8 Å². The van der Waals surface area contributed by atoms with E-state index in [4.69, 9.17) is 10.5 Å². The number of fused-ring (bicyclic) bond motifs is 1. The predicted molar refractivity (Wildman–Crippen MR) is 95.9 cm³/mol. The summed E-state index contributed by atoms with van der Waals surface area (Å²) in [5.74, 6) is 1.04. The first-order valence-corrected chi connectivity index (χ1v) is 7.53. The van der Waals surface area contributed by atoms with Gasteiger partial charge in [-0.3, -0.25) is 9.20 Å². The third kappa shape index (κ3) is 4.16. The molecule has 0 spiro atoms. The molecule has 1 fully saturated rings. The lowest BCUT2D eigenvalue weighted by atomic mass is 9.96. The molecule has 2 N–H and O–H groups in total. The number of pyridine rings is 1. The van der Waals surface area contributed by atoms with Gasteiger partial charge in [0.1, 0.15) is 11.9 Å². The van der Waals surface area contributed by atoms with Crippen LogP contribution in [-0.4, -0.2) is 58.3 Å². The molecule has 1 saturated heterocycles. The Bertz CT molecular complexity index is 666. The van der Waals surface area contributed by atoms with Gasteiger partial charge in [-0.25, -0.2) is 0 Å². The van der Waals surface area contributed by atoms with Crippen molar-refractivity contribution in [3.63, 3.8) is 0 Å². The van der Waals surface area contributed by atoms with Gasteiger partial charge in [0, 0.05) is 32.3 Å². The second-order valence-corrected chi connectivity index (χ2v) is 5.67. The lowest BCUT2D eigenvalue weighted by Gasteiger charge is -2.33. The number of amides is 1. The molecule has 1 aliphatic heterocycles. The quantitative estimate of drug-likeness (QED) is 0.868. The SMILES string of the molecule is COCC(N)C(=O)N1CCCC(c2nnc3ccccn23)C1.Cl.Cl. The van der Waals surface area contributed by atoms with Gasteiger partial charge in [-0.2, -0.15) is 0 Å². The van der Waals surface area contributed by atoms with Crippen LogP contribution in [0.25, 0.3) is 5.65 Å². The van der Waals surface area contributed by atoms with E-state index in [2.05, 4.69) is 10.2 Å². The van der Waals surface area contributed by atoms with Crippen molar-refractivity contribution < 1.29 is 9.53 Å². The standard InChI is InChI=1S/C15H21N5O2.2ClH/c1-22-10-12(16)15(21)19-7-4-5-11(9-19)14-18-17-13-6-2-3-8-20(13)14;;/h2-3,6,8,11-12H,4-5,7,9-10,16H2,1H3;2*1H. The molecule has 0 saturated carbocycles. The summed E-state index contributed by atoms with van der Waals surface area (Å²) in [6.45, 7) is 1.61. The molecular formula is C15H23Cl2N5O2. The number of ether oxygens (including phenoxy) is 1. The molecule has 0 radical (unpaired) electrons. The van der Waals surface area contributed by atoms with Crippen molar-refractivity contribution >= 4 is 36.4 Å². The maximum absolute atomic E-state index is 12.3. The van der Waals surface area contributed by atoms with Crippen LogP contribution in [0, 0.1) is 0 Å². The van der Waals surface area contributed by atoms with Crippen LogP contribution in [0.1, 0.15) is 24.6 Å². The van der Waals surface area contributed by atoms with Crippen molar-refractivity contribution in [1.29, 1.82) is 0 Å². The van der Waals surface area contributed by atoms with Crippen LogP contribution in [0.4, 0.5) is 0 Å². The van der Waals surface area contributed by atoms with Gasteiger partial charge in [-0.05, 0) is 25.0 Å². The molecule has 134 valence electrons. The summed E-state index contributed by atoms with van der Waals surface area (Å²) in [4.78, 5) is 14.2. The van der Waals surface area contributed by atoms with Gasteiger partial charge in [0.25, 0.3) is 0 Å². The van der Waals surface area contributed by atoms with E-state index >= 15 is 0 Å². The second-order valence-electron chi connectivity index (χ2n) is 5.67. The number of likely N-dealkylation sites (tertiary alicyclic amines) is 1. The number of methoxy groups -OCH3 is 1. The van der Waals surface area contributed by atoms with E-state index in [9.17, 15) is 4.79 Å². The first kappa shape index (κ1) is 20.6. The molecule has 1 aliphatic rings. The van der Waals surface area contributed by atoms with E-state index in [1.165, 1.54) is 0 Å². The number of nitrogens with two attached hydrogens (primary N) is 1. The number of nitrogens with zero attached hydrogens (tertiary/aromatic N) is 4. The fourth-order valence-corrected chi connectivity index (χ4v) is 3.01. The Kier molecular flexibility index (Phi) is 7.89. The molecule has 1 amide bonds. The molecule has 9 heteroatoms. The molecule has 0 aliphatic carbocycles. The molecule has 2 unspecified atom stereocenters. The minimum Gasteiger partial charge on any atom is -0.383 e. The summed E-state index contributed by atoms with van der Waals surface area (Å²) in [6.07, 6.45) is 3.90. The fraction of sp³-hybridized carbons (Fsp3) is 0.533. The summed E-state index contributed by atoms with van der Waals surface area (Å²) < 4.78 is 6.97. The zero-order valence-electron chi connectivity index (χ0n) is 13.5. The van der Waals surface area contributed by atoms with Gasteiger partial charge in [-0.1, -0.05) is 6.07 Å². The summed E-state index contributed by atoms with van der Waals surface area (Å²) in [5, 5.41) is 8.51. The molecule has 0 aromatic carbocycles. The Morgan fingerprint density at radius 2 is 2.21 bits per heavy atom. The normalized spacial score (nSPS) is 18.6. The van der Waals surface area contributed by atoms with Gasteiger partial charge >= 0.3 is 0 Å². The number of piperidine rings is 1. The van der Waals surface area contributed by atoms with Crippen LogP contribution in [0.15, 0.2) is 24.4 Å². The highest BCUT2D eigenvalue weighted by Crippen LogP contribution is 2.26. The Morgan fingerprint density at radius 3 is 2.96 bits per heavy atom. The van der Waals surface area contributed by atoms with Crippen molar-refractivity contribution in [2.45, 2.75) is 24.8 Å². The monoisotopic (exact) mass is 375 g/mol. The van der Waals surface area contributed by atoms with Crippen LogP contribution >= 0.6 is 24.8 Å². The number of hydrogen-bond acceptors (Lipinski definition) is 5. The molecule has 2 aromatic rings. The molecule has 24 heavy (non-hydrogen) atoms. The average Bonchev–Trinajstić information content (AvgIpc) is 2.98. The lowest BCUT2D eigenvalue weighted by molar-refractivity contribution is -0.135. The van der Waals surface area contributed by atoms with Crippen molar-refractivity contribution in [3.05, 3.63) is 30.2 Å². The van der Waals surface area contributed by atoms with Gasteiger partial charge in [0.2, 0.25) is 5.91 Å². The third-order valence-corrected chi connectivity index (χ3v) is 4.10. The number of hydrogen-bond donors (Lipinski definition) is 1. The number of rotatable bonds is 4. The van der Waals surface area contributed by atoms with E-state index in [0.29, 0.717) is 6.54 Å². The average molecular weight is 376 g/mol. The molecule has 2 atom stereocenters. The van der Waals surface area contributed by atoms with Crippen molar-refractivity contribution in [2.24, 2.45) is 5.73 Å². The van der Waals surface area contributed by atoms with Crippen LogP contribution < -0.4 is 5.73 Å². The van der Waals surface area contributed by atoms with E-state index in [0.717, 1.165) is 30.9 Å². The lowest BCUT2D eigenvalue weighted by Crippen LogP contribution is -2.49. The molecule has 0 bridgehead atoms. The Hall–Kier alpha value is -1.41. The number of carbonyl (C=O) groups is 1. The maximum Gasteiger partial charge on any atom is 0.241 e. The first-order valence-electron chi connectivity index (χ1n) is 7.53. The highest BCUT2D eigenvalue weighted by atomic mass is 35.5. The highest BCUT2D eigenvalue weighted by molar-refractivity contribution is 5.85. The molecule has 7 nitrogen and oxygen atoms in total. The van der Waals surface area contributed by atoms with Crippen LogP contribution in [-0.2, 0) is 9.53 Å². The zero-order valence-corrected chi connectivity index (χ0v) is 15.1. The zero-order chi connectivity index (χ0) is 15.5. The maximum atomic E-state index is 12.3. The summed E-state index contributed by atoms with van der Waals surface area (Å²) in [7, 11) is 1.55. The van der Waals surface area contributed by atoms with Crippen molar-refractivity contribution in [2.75, 3.05) is 26.8 Å². The predicted octanol–water partition coefficient (Wildman–Crippen LogP) is 1.25. The third-order valence-electron chi connectivity index (χ3n) is 4.10. The summed E-state index contributed by atoms with van der Waals surface area (Å²) in [5.41, 5.74) is 6.69. The van der Waals surface area contributed by atoms with E-state index in [-0.39, 0.29) is 43.2 Å². The van der Waals surface area contributed by atoms with Crippen molar-refractivity contribution in [1.82, 2.24) is 19.5 Å². The van der Waals surface area contributed by atoms with E-state index in [1.807, 2.05) is 33.7 Å². The Balaban J connectivity index is 0.00000144. The minimum atomic E-state index is -0.598. The molecular weight excluding hydrogens is 353 g/mol. The Labute approximate surface area is 153 Å². The second kappa shape index (κ2) is 9.17. The minimum absolute atomic E-state index is 0. The number of carbonyl (C=O) groups excluding carboxylic acids is 1. The van der Waals surface area contributed by atoms with Gasteiger partial charge < -0.3 is 15.4 Å². The van der Waals surface area contributed by atoms with Gasteiger partial charge in [0.05, 0.1) is 6.61 Å². The fourth-order valence-electron chi connectivity index (χ4n) is 3.01. The number of aromatic nitrogens is 3. The van der Waals surface area contributed by atoms with Crippen LogP contribution in [0.3, 0.4) is 0 Å².